The molecule has 3 heterocycles. The Bertz CT molecular complexity index is 795. The van der Waals surface area contributed by atoms with Crippen LogP contribution in [-0.4, -0.2) is 21.5 Å². The standard InChI is InChI=1S/C12H9N5OS/c13-6-7(8-3-5-15-12(18)17-8)10-16-9-2-1-4-14-11(9)19-10/h2-3,5,7H,1,4H2,(H,15,17,18). The summed E-state index contributed by atoms with van der Waals surface area (Å²) in [6, 6.07) is 3.79. The molecule has 1 atom stereocenters. The predicted octanol–water partition coefficient (Wildman–Crippen LogP) is -0.314. The largest absolute Gasteiger partial charge is 0.345 e. The van der Waals surface area contributed by atoms with Crippen LogP contribution in [0, 0.1) is 11.3 Å². The first-order chi connectivity index (χ1) is 9.28. The van der Waals surface area contributed by atoms with E-state index in [4.69, 9.17) is 0 Å². The van der Waals surface area contributed by atoms with E-state index in [1.165, 1.54) is 17.5 Å². The molecule has 94 valence electrons. The molecular weight excluding hydrogens is 262 g/mol. The Balaban J connectivity index is 2.12. The number of rotatable bonds is 2. The lowest BCUT2D eigenvalue weighted by atomic mass is 10.1. The van der Waals surface area contributed by atoms with Crippen LogP contribution in [0.25, 0.3) is 6.08 Å². The van der Waals surface area contributed by atoms with Crippen molar-refractivity contribution in [2.45, 2.75) is 12.3 Å². The summed E-state index contributed by atoms with van der Waals surface area (Å²) in [7, 11) is 0. The molecule has 0 radical (unpaired) electrons. The fraction of sp³-hybridized carbons (Fsp3) is 0.250. The lowest BCUT2D eigenvalue weighted by Gasteiger charge is -2.03. The van der Waals surface area contributed by atoms with Crippen molar-refractivity contribution < 1.29 is 0 Å². The van der Waals surface area contributed by atoms with Crippen LogP contribution in [0.2, 0.25) is 0 Å². The van der Waals surface area contributed by atoms with Gasteiger partial charge in [-0.15, -0.1) is 0 Å². The third-order valence-corrected chi connectivity index (χ3v) is 3.83. The third kappa shape index (κ3) is 2.18. The highest BCUT2D eigenvalue weighted by Gasteiger charge is 2.19. The molecule has 0 saturated heterocycles. The fourth-order valence-corrected chi connectivity index (χ4v) is 2.92. The monoisotopic (exact) mass is 271 g/mol. The Labute approximate surface area is 111 Å². The molecule has 7 heteroatoms. The first kappa shape index (κ1) is 11.7. The van der Waals surface area contributed by atoms with Crippen molar-refractivity contribution >= 4 is 17.4 Å². The Morgan fingerprint density at radius 2 is 2.42 bits per heavy atom. The summed E-state index contributed by atoms with van der Waals surface area (Å²) in [4.78, 5) is 26.2. The van der Waals surface area contributed by atoms with Gasteiger partial charge in [-0.1, -0.05) is 17.4 Å². The van der Waals surface area contributed by atoms with Crippen LogP contribution in [0.1, 0.15) is 23.0 Å². The van der Waals surface area contributed by atoms with E-state index >= 15 is 0 Å². The average molecular weight is 271 g/mol. The predicted molar refractivity (Wildman–Crippen MR) is 69.2 cm³/mol. The van der Waals surface area contributed by atoms with E-state index in [9.17, 15) is 10.1 Å². The van der Waals surface area contributed by atoms with E-state index in [0.29, 0.717) is 10.7 Å². The van der Waals surface area contributed by atoms with E-state index in [0.717, 1.165) is 23.0 Å². The van der Waals surface area contributed by atoms with Crippen LogP contribution in [-0.2, 0) is 0 Å². The molecule has 19 heavy (non-hydrogen) atoms. The summed E-state index contributed by atoms with van der Waals surface area (Å²) in [6.07, 6.45) is 4.29. The van der Waals surface area contributed by atoms with Gasteiger partial charge in [0.25, 0.3) is 0 Å². The second-order valence-electron chi connectivity index (χ2n) is 4.01. The second-order valence-corrected chi connectivity index (χ2v) is 5.02. The average Bonchev–Trinajstić information content (AvgIpc) is 2.83. The third-order valence-electron chi connectivity index (χ3n) is 2.76. The molecule has 1 aliphatic heterocycles. The molecule has 0 saturated carbocycles. The van der Waals surface area contributed by atoms with E-state index in [1.54, 1.807) is 6.07 Å². The quantitative estimate of drug-likeness (QED) is 0.810. The number of hydrogen-bond donors (Lipinski definition) is 1. The molecule has 3 rings (SSSR count). The van der Waals surface area contributed by atoms with Crippen LogP contribution >= 0.6 is 11.3 Å². The molecule has 2 aromatic heterocycles. The molecule has 0 spiro atoms. The number of nitriles is 1. The minimum atomic E-state index is -0.588. The van der Waals surface area contributed by atoms with Crippen molar-refractivity contribution in [2.75, 3.05) is 6.54 Å². The van der Waals surface area contributed by atoms with Crippen molar-refractivity contribution in [3.05, 3.63) is 43.5 Å². The van der Waals surface area contributed by atoms with Crippen molar-refractivity contribution in [3.8, 4) is 6.07 Å². The first-order valence-corrected chi connectivity index (χ1v) is 6.56. The van der Waals surface area contributed by atoms with Gasteiger partial charge in [0, 0.05) is 18.4 Å². The lowest BCUT2D eigenvalue weighted by Crippen LogP contribution is -2.24. The zero-order valence-electron chi connectivity index (χ0n) is 9.83. The molecule has 0 bridgehead atoms. The number of fused-ring (bicyclic) bond motifs is 1. The topological polar surface area (TPSA) is 94.8 Å². The van der Waals surface area contributed by atoms with Crippen molar-refractivity contribution in [1.82, 2.24) is 15.0 Å². The summed E-state index contributed by atoms with van der Waals surface area (Å²) in [5, 5.41) is 10.8. The van der Waals surface area contributed by atoms with Gasteiger partial charge in [0.2, 0.25) is 0 Å². The summed E-state index contributed by atoms with van der Waals surface area (Å²) < 4.78 is 0.859. The van der Waals surface area contributed by atoms with Crippen LogP contribution < -0.4 is 15.7 Å². The molecule has 0 aromatic carbocycles. The zero-order chi connectivity index (χ0) is 13.2. The normalized spacial score (nSPS) is 14.7. The van der Waals surface area contributed by atoms with Crippen molar-refractivity contribution in [3.63, 3.8) is 0 Å². The maximum atomic E-state index is 11.2. The molecule has 2 aromatic rings. The Kier molecular flexibility index (Phi) is 2.93. The van der Waals surface area contributed by atoms with Gasteiger partial charge < -0.3 is 4.98 Å². The van der Waals surface area contributed by atoms with E-state index in [2.05, 4.69) is 26.0 Å². The van der Waals surface area contributed by atoms with Gasteiger partial charge in [-0.25, -0.2) is 14.8 Å². The van der Waals surface area contributed by atoms with Crippen LogP contribution in [0.4, 0.5) is 0 Å². The highest BCUT2D eigenvalue weighted by atomic mass is 32.1. The highest BCUT2D eigenvalue weighted by molar-refractivity contribution is 7.09. The Morgan fingerprint density at radius 3 is 3.16 bits per heavy atom. The Morgan fingerprint density at radius 1 is 1.53 bits per heavy atom. The molecular formula is C12H9N5OS. The smallest absolute Gasteiger partial charge is 0.308 e. The van der Waals surface area contributed by atoms with Gasteiger partial charge in [-0.2, -0.15) is 5.26 Å². The second kappa shape index (κ2) is 4.74. The number of hydrogen-bond acceptors (Lipinski definition) is 6. The fourth-order valence-electron chi connectivity index (χ4n) is 1.89. The molecule has 1 aliphatic rings. The first-order valence-electron chi connectivity index (χ1n) is 5.74. The van der Waals surface area contributed by atoms with Gasteiger partial charge >= 0.3 is 5.69 Å². The summed E-state index contributed by atoms with van der Waals surface area (Å²) >= 11 is 1.39. The van der Waals surface area contributed by atoms with Gasteiger partial charge in [0.1, 0.15) is 15.6 Å². The van der Waals surface area contributed by atoms with Crippen molar-refractivity contribution in [2.24, 2.45) is 4.99 Å². The van der Waals surface area contributed by atoms with E-state index in [1.807, 2.05) is 6.08 Å². The minimum Gasteiger partial charge on any atom is -0.308 e. The van der Waals surface area contributed by atoms with Crippen LogP contribution in [0.15, 0.2) is 22.1 Å². The van der Waals surface area contributed by atoms with Gasteiger partial charge in [-0.3, -0.25) is 4.99 Å². The number of aromatic amines is 1. The van der Waals surface area contributed by atoms with Gasteiger partial charge in [0.05, 0.1) is 11.4 Å². The van der Waals surface area contributed by atoms with E-state index in [-0.39, 0.29) is 0 Å². The van der Waals surface area contributed by atoms with Gasteiger partial charge in [0.15, 0.2) is 0 Å². The number of H-pyrrole nitrogens is 1. The minimum absolute atomic E-state index is 0.463. The number of nitrogens with one attached hydrogen (secondary N) is 1. The van der Waals surface area contributed by atoms with Crippen LogP contribution in [0.3, 0.4) is 0 Å². The molecule has 1 N–H and O–H groups in total. The maximum absolute atomic E-state index is 11.2. The van der Waals surface area contributed by atoms with Gasteiger partial charge in [-0.05, 0) is 12.5 Å². The van der Waals surface area contributed by atoms with Crippen molar-refractivity contribution in [1.29, 1.82) is 5.26 Å². The SMILES string of the molecule is N#CC(c1ccnc(=O)[nH]1)c1nc2c(s1)=NCCC=2. The molecule has 6 nitrogen and oxygen atoms in total. The summed E-state index contributed by atoms with van der Waals surface area (Å²) in [5.74, 6) is -0.588. The zero-order valence-corrected chi connectivity index (χ0v) is 10.6. The lowest BCUT2D eigenvalue weighted by molar-refractivity contribution is 0.896. The number of aromatic nitrogens is 3. The van der Waals surface area contributed by atoms with Crippen LogP contribution in [0.5, 0.6) is 0 Å². The van der Waals surface area contributed by atoms with E-state index < -0.39 is 11.6 Å². The summed E-state index contributed by atoms with van der Waals surface area (Å²) in [6.45, 7) is 0.762. The molecule has 1 unspecified atom stereocenters. The highest BCUT2D eigenvalue weighted by Crippen LogP contribution is 2.20. The maximum Gasteiger partial charge on any atom is 0.345 e. The number of nitrogens with zero attached hydrogens (tertiary/aromatic N) is 4. The number of thiazole rings is 1. The Hall–Kier alpha value is -2.33. The molecule has 0 amide bonds. The summed E-state index contributed by atoms with van der Waals surface area (Å²) in [5.41, 5.74) is 0.0453. The molecule has 0 fully saturated rings. The molecule has 0 aliphatic carbocycles.